The van der Waals surface area contributed by atoms with E-state index in [1.807, 2.05) is 0 Å². The average Bonchev–Trinajstić information content (AvgIpc) is 1.86. The first-order valence-corrected chi connectivity index (χ1v) is 3.66. The molecule has 0 bridgehead atoms. The number of allylic oxidation sites excluding steroid dienone is 4. The fraction of sp³-hybridized carbons (Fsp3) is 0.200. The van der Waals surface area contributed by atoms with Crippen LogP contribution in [0, 0.1) is 0 Å². The molecule has 0 aliphatic heterocycles. The van der Waals surface area contributed by atoms with Gasteiger partial charge in [0, 0.05) is 0 Å². The van der Waals surface area contributed by atoms with E-state index in [0.717, 1.165) is 0 Å². The molecule has 0 aromatic rings. The molecule has 0 amide bonds. The van der Waals surface area contributed by atoms with Crippen LogP contribution >= 0.6 is 0 Å². The minimum absolute atomic E-state index is 1.18. The van der Waals surface area contributed by atoms with Gasteiger partial charge >= 0.3 is 50.8 Å². The summed E-state index contributed by atoms with van der Waals surface area (Å²) in [4.78, 5) is 0. The molecule has 2 radical (unpaired) electrons. The number of hydrogen-bond donors (Lipinski definition) is 0. The Hall–Kier alpha value is 0.279. The second-order valence-electron chi connectivity index (χ2n) is 1.34. The van der Waals surface area contributed by atoms with Gasteiger partial charge in [-0.3, -0.25) is 0 Å². The molecule has 0 aromatic heterocycles. The van der Waals surface area contributed by atoms with Crippen molar-refractivity contribution in [3.63, 3.8) is 0 Å². The molecule has 0 N–H and O–H groups in total. The van der Waals surface area contributed by atoms with Crippen molar-refractivity contribution in [1.29, 1.82) is 0 Å². The van der Waals surface area contributed by atoms with Crippen molar-refractivity contribution < 1.29 is 0 Å². The van der Waals surface area contributed by atoms with E-state index >= 15 is 0 Å². The molecule has 0 spiro atoms. The standard InChI is InChI=1S/C5H5.Sn.H/c1-2-4-5-3-1;;/h1-2,5H,3H2;;. The van der Waals surface area contributed by atoms with Crippen molar-refractivity contribution in [2.45, 2.75) is 6.42 Å². The summed E-state index contributed by atoms with van der Waals surface area (Å²) < 4.78 is 1.53. The van der Waals surface area contributed by atoms with E-state index in [4.69, 9.17) is 0 Å². The van der Waals surface area contributed by atoms with E-state index < -0.39 is 0 Å². The van der Waals surface area contributed by atoms with Crippen molar-refractivity contribution >= 4 is 22.5 Å². The van der Waals surface area contributed by atoms with Gasteiger partial charge in [0.25, 0.3) is 0 Å². The Bertz CT molecular complexity index is 97.8. The molecule has 0 fully saturated rings. The molecular weight excluding hydrogens is 179 g/mol. The first-order chi connectivity index (χ1) is 2.89. The molecule has 6 heavy (non-hydrogen) atoms. The predicted octanol–water partition coefficient (Wildman–Crippen LogP) is 0.731. The SMILES string of the molecule is [SnH][C]1=CCC=C1. The summed E-state index contributed by atoms with van der Waals surface area (Å²) in [6.07, 6.45) is 7.83. The van der Waals surface area contributed by atoms with Crippen molar-refractivity contribution in [2.75, 3.05) is 0 Å². The second-order valence-corrected chi connectivity index (χ2v) is 3.24. The van der Waals surface area contributed by atoms with Crippen LogP contribution in [0.3, 0.4) is 0 Å². The van der Waals surface area contributed by atoms with Crippen molar-refractivity contribution in [3.05, 3.63) is 21.8 Å². The van der Waals surface area contributed by atoms with E-state index in [0.29, 0.717) is 0 Å². The van der Waals surface area contributed by atoms with Gasteiger partial charge in [0.1, 0.15) is 0 Å². The van der Waals surface area contributed by atoms with Crippen molar-refractivity contribution in [1.82, 2.24) is 0 Å². The third-order valence-corrected chi connectivity index (χ3v) is 2.02. The summed E-state index contributed by atoms with van der Waals surface area (Å²) in [6, 6.07) is 0. The fourth-order valence-corrected chi connectivity index (χ4v) is 1.25. The van der Waals surface area contributed by atoms with Crippen LogP contribution in [0.1, 0.15) is 6.42 Å². The monoisotopic (exact) mass is 186 g/mol. The van der Waals surface area contributed by atoms with Crippen LogP contribution in [-0.4, -0.2) is 22.5 Å². The summed E-state index contributed by atoms with van der Waals surface area (Å²) in [5, 5.41) is 0. The average molecular weight is 185 g/mol. The zero-order valence-corrected chi connectivity index (χ0v) is 6.81. The fourth-order valence-electron chi connectivity index (χ4n) is 0.476. The third-order valence-electron chi connectivity index (χ3n) is 0.800. The Morgan fingerprint density at radius 3 is 2.67 bits per heavy atom. The molecule has 0 saturated heterocycles. The van der Waals surface area contributed by atoms with Gasteiger partial charge in [-0.05, 0) is 0 Å². The number of hydrogen-bond acceptors (Lipinski definition) is 0. The maximum atomic E-state index is 2.27. The third kappa shape index (κ3) is 0.868. The van der Waals surface area contributed by atoms with E-state index in [1.54, 1.807) is 0 Å². The Labute approximate surface area is 51.0 Å². The number of rotatable bonds is 0. The van der Waals surface area contributed by atoms with Gasteiger partial charge in [0.05, 0.1) is 0 Å². The summed E-state index contributed by atoms with van der Waals surface area (Å²) in [5.41, 5.74) is 0. The van der Waals surface area contributed by atoms with Crippen molar-refractivity contribution in [3.8, 4) is 0 Å². The van der Waals surface area contributed by atoms with Crippen molar-refractivity contribution in [2.24, 2.45) is 0 Å². The summed E-state index contributed by atoms with van der Waals surface area (Å²) in [5.74, 6) is 0. The van der Waals surface area contributed by atoms with Gasteiger partial charge in [0.2, 0.25) is 0 Å². The zero-order chi connectivity index (χ0) is 4.41. The first kappa shape index (κ1) is 4.44. The van der Waals surface area contributed by atoms with Gasteiger partial charge in [-0.1, -0.05) is 0 Å². The van der Waals surface area contributed by atoms with Gasteiger partial charge < -0.3 is 0 Å². The molecule has 0 aromatic carbocycles. The second kappa shape index (κ2) is 1.82. The van der Waals surface area contributed by atoms with Gasteiger partial charge in [-0.15, -0.1) is 0 Å². The molecule has 0 nitrogen and oxygen atoms in total. The molecule has 1 aliphatic carbocycles. The van der Waals surface area contributed by atoms with Crippen LogP contribution in [0.5, 0.6) is 0 Å². The molecule has 1 rings (SSSR count). The Morgan fingerprint density at radius 2 is 2.50 bits per heavy atom. The zero-order valence-electron chi connectivity index (χ0n) is 3.52. The van der Waals surface area contributed by atoms with Crippen LogP contribution < -0.4 is 0 Å². The molecule has 0 unspecified atom stereocenters. The maximum absolute atomic E-state index is 2.27. The van der Waals surface area contributed by atoms with Gasteiger partial charge in [-0.25, -0.2) is 0 Å². The minimum atomic E-state index is 1.18. The van der Waals surface area contributed by atoms with E-state index in [-0.39, 0.29) is 0 Å². The predicted molar refractivity (Wildman–Crippen MR) is 29.0 cm³/mol. The van der Waals surface area contributed by atoms with Crippen LogP contribution in [0.15, 0.2) is 21.8 Å². The molecule has 30 valence electrons. The molecular formula is C5H6Sn. The normalized spacial score (nSPS) is 18.5. The Morgan fingerprint density at radius 1 is 1.67 bits per heavy atom. The Kier molecular flexibility index (Phi) is 1.35. The molecule has 0 saturated carbocycles. The molecule has 1 aliphatic rings. The van der Waals surface area contributed by atoms with Crippen LogP contribution in [0.25, 0.3) is 0 Å². The Balaban J connectivity index is 2.68. The summed E-state index contributed by atoms with van der Waals surface area (Å²) in [6.45, 7) is 0. The molecule has 0 atom stereocenters. The van der Waals surface area contributed by atoms with Crippen LogP contribution in [0.2, 0.25) is 0 Å². The summed E-state index contributed by atoms with van der Waals surface area (Å²) >= 11 is 1.28. The van der Waals surface area contributed by atoms with Crippen LogP contribution in [-0.2, 0) is 0 Å². The summed E-state index contributed by atoms with van der Waals surface area (Å²) in [7, 11) is 0. The van der Waals surface area contributed by atoms with E-state index in [2.05, 4.69) is 18.2 Å². The quantitative estimate of drug-likeness (QED) is 0.488. The van der Waals surface area contributed by atoms with Gasteiger partial charge in [-0.2, -0.15) is 0 Å². The van der Waals surface area contributed by atoms with Crippen LogP contribution in [0.4, 0.5) is 0 Å². The molecule has 0 heterocycles. The van der Waals surface area contributed by atoms with Gasteiger partial charge in [0.15, 0.2) is 0 Å². The first-order valence-electron chi connectivity index (χ1n) is 2.02. The molecule has 1 heteroatoms. The topological polar surface area (TPSA) is 0 Å². The van der Waals surface area contributed by atoms with E-state index in [1.165, 1.54) is 32.5 Å². The van der Waals surface area contributed by atoms with E-state index in [9.17, 15) is 0 Å².